The fourth-order valence-corrected chi connectivity index (χ4v) is 6.82. The van der Waals surface area contributed by atoms with Crippen LogP contribution in [-0.4, -0.2) is 48.9 Å². The van der Waals surface area contributed by atoms with Gasteiger partial charge in [-0.3, -0.25) is 14.4 Å². The van der Waals surface area contributed by atoms with E-state index >= 15 is 0 Å². The smallest absolute Gasteiger partial charge is 0.335 e. The molecule has 0 bridgehead atoms. The van der Waals surface area contributed by atoms with Gasteiger partial charge < -0.3 is 19.1 Å². The van der Waals surface area contributed by atoms with Crippen LogP contribution in [0.3, 0.4) is 0 Å². The molecule has 4 aliphatic rings. The average Bonchev–Trinajstić information content (AvgIpc) is 3.57. The van der Waals surface area contributed by atoms with Crippen molar-refractivity contribution in [3.63, 3.8) is 0 Å². The van der Waals surface area contributed by atoms with Gasteiger partial charge in [0, 0.05) is 22.9 Å². The number of anilines is 2. The molecule has 9 heteroatoms. The van der Waals surface area contributed by atoms with Gasteiger partial charge in [-0.15, -0.1) is 0 Å². The zero-order valence-electron chi connectivity index (χ0n) is 23.9. The lowest BCUT2D eigenvalue weighted by Crippen LogP contribution is -2.50. The minimum Gasteiger partial charge on any atom is -0.486 e. The van der Waals surface area contributed by atoms with Crippen LogP contribution in [0.25, 0.3) is 6.08 Å². The Bertz CT molecular complexity index is 1900. The Morgan fingerprint density at radius 1 is 0.733 bits per heavy atom. The van der Waals surface area contributed by atoms with E-state index in [2.05, 4.69) is 0 Å². The lowest BCUT2D eigenvalue weighted by Gasteiger charge is -2.36. The third-order valence-corrected chi connectivity index (χ3v) is 8.81. The third-order valence-electron chi connectivity index (χ3n) is 8.81. The Labute approximate surface area is 258 Å². The average molecular weight is 599 g/mol. The van der Waals surface area contributed by atoms with Crippen LogP contribution in [-0.2, 0) is 14.4 Å². The summed E-state index contributed by atoms with van der Waals surface area (Å²) in [5.74, 6) is -2.25. The Balaban J connectivity index is 1.13. The van der Waals surface area contributed by atoms with Crippen LogP contribution >= 0.6 is 0 Å². The van der Waals surface area contributed by atoms with Crippen LogP contribution in [0.2, 0.25) is 0 Å². The minimum atomic E-state index is -1.07. The maximum absolute atomic E-state index is 14.2. The van der Waals surface area contributed by atoms with E-state index in [1.54, 1.807) is 66.7 Å². The van der Waals surface area contributed by atoms with E-state index in [-0.39, 0.29) is 17.4 Å². The summed E-state index contributed by atoms with van der Waals surface area (Å²) >= 11 is 0. The van der Waals surface area contributed by atoms with Crippen LogP contribution < -0.4 is 24.0 Å². The summed E-state index contributed by atoms with van der Waals surface area (Å²) in [6, 6.07) is 26.1. The van der Waals surface area contributed by atoms with E-state index in [9.17, 15) is 19.2 Å². The number of hydrogen-bond donors (Lipinski definition) is 0. The maximum Gasteiger partial charge on any atom is 0.335 e. The number of rotatable bonds is 5. The highest BCUT2D eigenvalue weighted by atomic mass is 16.6. The van der Waals surface area contributed by atoms with Gasteiger partial charge in [-0.1, -0.05) is 60.7 Å². The van der Waals surface area contributed by atoms with E-state index < -0.39 is 35.8 Å². The van der Waals surface area contributed by atoms with Gasteiger partial charge in [-0.2, -0.15) is 0 Å². The molecule has 2 saturated heterocycles. The molecule has 9 nitrogen and oxygen atoms in total. The van der Waals surface area contributed by atoms with Gasteiger partial charge in [0.15, 0.2) is 17.3 Å². The van der Waals surface area contributed by atoms with Gasteiger partial charge in [0.2, 0.25) is 11.8 Å². The zero-order valence-corrected chi connectivity index (χ0v) is 23.9. The fourth-order valence-electron chi connectivity index (χ4n) is 6.82. The number of fused-ring (bicyclic) bond motifs is 6. The number of ketones is 1. The molecule has 2 amide bonds. The van der Waals surface area contributed by atoms with Crippen molar-refractivity contribution < 1.29 is 33.4 Å². The van der Waals surface area contributed by atoms with Crippen molar-refractivity contribution in [1.82, 2.24) is 0 Å². The molecule has 4 aromatic rings. The summed E-state index contributed by atoms with van der Waals surface area (Å²) in [7, 11) is 0. The number of nitrogens with zero attached hydrogens (tertiary/aromatic N) is 2. The highest BCUT2D eigenvalue weighted by molar-refractivity contribution is 6.24. The van der Waals surface area contributed by atoms with E-state index in [0.29, 0.717) is 41.5 Å². The quantitative estimate of drug-likeness (QED) is 0.141. The van der Waals surface area contributed by atoms with Crippen LogP contribution in [0.1, 0.15) is 21.5 Å². The normalized spacial score (nSPS) is 22.5. The number of para-hydroxylation sites is 1. The number of imide groups is 1. The molecular formula is C36H26N2O7. The second-order valence-electron chi connectivity index (χ2n) is 11.3. The molecule has 0 aromatic heterocycles. The lowest BCUT2D eigenvalue weighted by atomic mass is 9.89. The van der Waals surface area contributed by atoms with Gasteiger partial charge in [-0.05, 0) is 48.0 Å². The standard InChI is InChI=1S/C36H26N2O7/c39-33(22-7-2-1-3-8-22)23-10-14-25(15-11-23)45-36(42)32-31-30(27-16-12-21-6-4-5-9-26(21)38(27)32)34(40)37(35(31)41)24-13-17-28-29(20-24)44-19-18-43-28/h1-17,20,27,30-32H,18-19H2/t27-,30-,31-,32+/m0/s1. The lowest BCUT2D eigenvalue weighted by molar-refractivity contribution is -0.139. The molecule has 0 N–H and O–H groups in total. The monoisotopic (exact) mass is 598 g/mol. The number of carbonyl (C=O) groups is 4. The molecular weight excluding hydrogens is 572 g/mol. The predicted molar refractivity (Wildman–Crippen MR) is 164 cm³/mol. The minimum absolute atomic E-state index is 0.152. The number of amides is 2. The number of carbonyl (C=O) groups excluding carboxylic acids is 4. The van der Waals surface area contributed by atoms with Crippen molar-refractivity contribution in [3.05, 3.63) is 120 Å². The Kier molecular flexibility index (Phi) is 6.26. The van der Waals surface area contributed by atoms with E-state index in [4.69, 9.17) is 14.2 Å². The van der Waals surface area contributed by atoms with Crippen molar-refractivity contribution in [2.75, 3.05) is 23.0 Å². The number of ether oxygens (including phenoxy) is 3. The molecule has 45 heavy (non-hydrogen) atoms. The van der Waals surface area contributed by atoms with Gasteiger partial charge in [-0.25, -0.2) is 9.69 Å². The van der Waals surface area contributed by atoms with Crippen molar-refractivity contribution in [2.24, 2.45) is 11.8 Å². The molecule has 4 heterocycles. The molecule has 0 unspecified atom stereocenters. The highest BCUT2D eigenvalue weighted by Gasteiger charge is 2.65. The number of hydrogen-bond acceptors (Lipinski definition) is 8. The first-order valence-electron chi connectivity index (χ1n) is 14.7. The fraction of sp³-hybridized carbons (Fsp3) is 0.167. The molecule has 222 valence electrons. The van der Waals surface area contributed by atoms with Gasteiger partial charge in [0.1, 0.15) is 25.0 Å². The molecule has 4 atom stereocenters. The van der Waals surface area contributed by atoms with Crippen LogP contribution in [0.4, 0.5) is 11.4 Å². The van der Waals surface area contributed by atoms with Gasteiger partial charge in [0.25, 0.3) is 0 Å². The van der Waals surface area contributed by atoms with Crippen molar-refractivity contribution >= 4 is 41.0 Å². The van der Waals surface area contributed by atoms with Crippen LogP contribution in [0.15, 0.2) is 103 Å². The Hall–Kier alpha value is -5.70. The molecule has 4 aromatic carbocycles. The SMILES string of the molecule is O=C(c1ccccc1)c1ccc(OC(=O)[C@H]2[C@H]3C(=O)N(c4ccc5c(c4)OCCO5)C(=O)[C@H]3[C@@H]3C=Cc4ccccc4N32)cc1. The van der Waals surface area contributed by atoms with Crippen molar-refractivity contribution in [1.29, 1.82) is 0 Å². The summed E-state index contributed by atoms with van der Waals surface area (Å²) in [5.41, 5.74) is 2.98. The first kappa shape index (κ1) is 26.9. The Morgan fingerprint density at radius 3 is 2.22 bits per heavy atom. The van der Waals surface area contributed by atoms with E-state index in [1.165, 1.54) is 0 Å². The highest BCUT2D eigenvalue weighted by Crippen LogP contribution is 2.50. The first-order chi connectivity index (χ1) is 22.0. The largest absolute Gasteiger partial charge is 0.486 e. The van der Waals surface area contributed by atoms with E-state index in [1.807, 2.05) is 47.4 Å². The summed E-state index contributed by atoms with van der Waals surface area (Å²) in [5, 5.41) is 0. The number of esters is 1. The third kappa shape index (κ3) is 4.30. The molecule has 0 radical (unpaired) electrons. The molecule has 2 fully saturated rings. The predicted octanol–water partition coefficient (Wildman–Crippen LogP) is 4.68. The van der Waals surface area contributed by atoms with Gasteiger partial charge >= 0.3 is 5.97 Å². The topological polar surface area (TPSA) is 102 Å². The molecule has 0 aliphatic carbocycles. The summed E-state index contributed by atoms with van der Waals surface area (Å²) < 4.78 is 17.2. The second kappa shape index (κ2) is 10.5. The van der Waals surface area contributed by atoms with Crippen molar-refractivity contribution in [2.45, 2.75) is 12.1 Å². The molecule has 8 rings (SSSR count). The van der Waals surface area contributed by atoms with Crippen molar-refractivity contribution in [3.8, 4) is 17.2 Å². The summed E-state index contributed by atoms with van der Waals surface area (Å²) in [6.45, 7) is 0.777. The summed E-state index contributed by atoms with van der Waals surface area (Å²) in [6.07, 6.45) is 3.81. The zero-order chi connectivity index (χ0) is 30.7. The van der Waals surface area contributed by atoms with E-state index in [0.717, 1.165) is 16.2 Å². The maximum atomic E-state index is 14.2. The Morgan fingerprint density at radius 2 is 1.42 bits per heavy atom. The molecule has 0 saturated carbocycles. The van der Waals surface area contributed by atoms with Gasteiger partial charge in [0.05, 0.1) is 23.6 Å². The molecule has 0 spiro atoms. The second-order valence-corrected chi connectivity index (χ2v) is 11.3. The summed E-state index contributed by atoms with van der Waals surface area (Å²) in [4.78, 5) is 58.2. The number of benzene rings is 4. The van der Waals surface area contributed by atoms with Crippen LogP contribution in [0, 0.1) is 11.8 Å². The van der Waals surface area contributed by atoms with Crippen LogP contribution in [0.5, 0.6) is 17.2 Å². The molecule has 4 aliphatic heterocycles. The first-order valence-corrected chi connectivity index (χ1v) is 14.7.